The van der Waals surface area contributed by atoms with E-state index in [9.17, 15) is 0 Å². The van der Waals surface area contributed by atoms with Gasteiger partial charge in [0.05, 0.1) is 29.3 Å². The van der Waals surface area contributed by atoms with Gasteiger partial charge in [0.15, 0.2) is 0 Å². The lowest BCUT2D eigenvalue weighted by molar-refractivity contribution is 0.577. The minimum Gasteiger partial charge on any atom is -0.378 e. The summed E-state index contributed by atoms with van der Waals surface area (Å²) in [5, 5.41) is 4.03. The molecule has 1 N–H and O–H groups in total. The van der Waals surface area contributed by atoms with Gasteiger partial charge >= 0.3 is 0 Å². The van der Waals surface area contributed by atoms with Gasteiger partial charge in [-0.05, 0) is 32.0 Å². The van der Waals surface area contributed by atoms with Crippen LogP contribution in [0, 0.1) is 0 Å². The monoisotopic (exact) mass is 327 g/mol. The van der Waals surface area contributed by atoms with Gasteiger partial charge in [-0.1, -0.05) is 27.5 Å². The molecule has 0 atom stereocenters. The van der Waals surface area contributed by atoms with E-state index in [4.69, 9.17) is 11.6 Å². The number of benzene rings is 1. The summed E-state index contributed by atoms with van der Waals surface area (Å²) in [6.07, 6.45) is 3.73. The fourth-order valence-corrected chi connectivity index (χ4v) is 2.49. The number of hydrogen-bond donors (Lipinski definition) is 1. The maximum Gasteiger partial charge on any atom is 0.0951 e. The van der Waals surface area contributed by atoms with Crippen LogP contribution in [-0.4, -0.2) is 9.55 Å². The first-order valence-electron chi connectivity index (χ1n) is 5.77. The third-order valence-electron chi connectivity index (χ3n) is 2.69. The van der Waals surface area contributed by atoms with Gasteiger partial charge in [0, 0.05) is 16.7 Å². The summed E-state index contributed by atoms with van der Waals surface area (Å²) in [7, 11) is 0. The van der Waals surface area contributed by atoms with Gasteiger partial charge in [0.25, 0.3) is 0 Å². The van der Waals surface area contributed by atoms with Gasteiger partial charge in [-0.3, -0.25) is 0 Å². The molecule has 0 radical (unpaired) electrons. The van der Waals surface area contributed by atoms with Gasteiger partial charge in [-0.2, -0.15) is 0 Å². The maximum atomic E-state index is 6.16. The molecule has 2 rings (SSSR count). The summed E-state index contributed by atoms with van der Waals surface area (Å²) in [4.78, 5) is 4.17. The highest BCUT2D eigenvalue weighted by Crippen LogP contribution is 2.26. The number of halogens is 2. The van der Waals surface area contributed by atoms with E-state index >= 15 is 0 Å². The zero-order valence-electron chi connectivity index (χ0n) is 10.3. The molecule has 0 aliphatic heterocycles. The molecule has 0 bridgehead atoms. The van der Waals surface area contributed by atoms with E-state index in [1.807, 2.05) is 30.7 Å². The molecule has 0 spiro atoms. The molecule has 2 aromatic rings. The average Bonchev–Trinajstić information content (AvgIpc) is 2.76. The van der Waals surface area contributed by atoms with Crippen LogP contribution in [0.15, 0.2) is 35.2 Å². The molecule has 5 heteroatoms. The fraction of sp³-hybridized carbons (Fsp3) is 0.308. The second-order valence-electron chi connectivity index (χ2n) is 4.36. The van der Waals surface area contributed by atoms with Crippen molar-refractivity contribution in [3.05, 3.63) is 45.9 Å². The van der Waals surface area contributed by atoms with E-state index < -0.39 is 0 Å². The van der Waals surface area contributed by atoms with Crippen molar-refractivity contribution < 1.29 is 0 Å². The van der Waals surface area contributed by atoms with Crippen LogP contribution in [0.3, 0.4) is 0 Å². The first-order chi connectivity index (χ1) is 8.58. The number of rotatable bonds is 4. The molecule has 0 aliphatic carbocycles. The third kappa shape index (κ3) is 3.06. The van der Waals surface area contributed by atoms with E-state index in [1.165, 1.54) is 0 Å². The Morgan fingerprint density at radius 1 is 1.44 bits per heavy atom. The van der Waals surface area contributed by atoms with Crippen LogP contribution in [0.4, 0.5) is 5.69 Å². The SMILES string of the molecule is CC(C)n1cncc1CNc1ccc(Br)cc1Cl. The molecule has 3 nitrogen and oxygen atoms in total. The van der Waals surface area contributed by atoms with Crippen LogP contribution in [0.1, 0.15) is 25.6 Å². The summed E-state index contributed by atoms with van der Waals surface area (Å²) < 4.78 is 3.12. The minimum atomic E-state index is 0.407. The number of aromatic nitrogens is 2. The van der Waals surface area contributed by atoms with E-state index in [0.29, 0.717) is 17.6 Å². The third-order valence-corrected chi connectivity index (χ3v) is 3.50. The molecule has 0 aliphatic rings. The van der Waals surface area contributed by atoms with Gasteiger partial charge in [-0.15, -0.1) is 0 Å². The Bertz CT molecular complexity index is 537. The smallest absolute Gasteiger partial charge is 0.0951 e. The van der Waals surface area contributed by atoms with E-state index in [-0.39, 0.29) is 0 Å². The van der Waals surface area contributed by atoms with E-state index in [1.54, 1.807) is 0 Å². The predicted molar refractivity (Wildman–Crippen MR) is 79.1 cm³/mol. The fourth-order valence-electron chi connectivity index (χ4n) is 1.75. The van der Waals surface area contributed by atoms with Crippen molar-refractivity contribution in [2.24, 2.45) is 0 Å². The zero-order valence-corrected chi connectivity index (χ0v) is 12.7. The summed E-state index contributed by atoms with van der Waals surface area (Å²) in [5.41, 5.74) is 2.07. The number of nitrogens with zero attached hydrogens (tertiary/aromatic N) is 2. The number of nitrogens with one attached hydrogen (secondary N) is 1. The quantitative estimate of drug-likeness (QED) is 0.896. The first kappa shape index (κ1) is 13.4. The number of anilines is 1. The van der Waals surface area contributed by atoms with Gasteiger partial charge in [0.1, 0.15) is 0 Å². The van der Waals surface area contributed by atoms with Gasteiger partial charge < -0.3 is 9.88 Å². The van der Waals surface area contributed by atoms with Gasteiger partial charge in [0.2, 0.25) is 0 Å². The normalized spacial score (nSPS) is 10.9. The Kier molecular flexibility index (Phi) is 4.30. The van der Waals surface area contributed by atoms with Crippen molar-refractivity contribution in [1.29, 1.82) is 0 Å². The predicted octanol–water partition coefficient (Wildman–Crippen LogP) is 4.49. The summed E-state index contributed by atoms with van der Waals surface area (Å²) in [6.45, 7) is 4.98. The molecule has 0 amide bonds. The maximum absolute atomic E-state index is 6.16. The summed E-state index contributed by atoms with van der Waals surface area (Å²) >= 11 is 9.55. The van der Waals surface area contributed by atoms with Crippen LogP contribution < -0.4 is 5.32 Å². The molecule has 96 valence electrons. The molecule has 0 unspecified atom stereocenters. The Balaban J connectivity index is 2.09. The van der Waals surface area contributed by atoms with Crippen molar-refractivity contribution in [3.63, 3.8) is 0 Å². The lowest BCUT2D eigenvalue weighted by Gasteiger charge is -2.13. The van der Waals surface area contributed by atoms with Crippen molar-refractivity contribution >= 4 is 33.2 Å². The van der Waals surface area contributed by atoms with Crippen molar-refractivity contribution in [2.45, 2.75) is 26.4 Å². The molecule has 0 fully saturated rings. The number of hydrogen-bond acceptors (Lipinski definition) is 2. The molecular formula is C13H15BrClN3. The highest BCUT2D eigenvalue weighted by molar-refractivity contribution is 9.10. The second kappa shape index (κ2) is 5.76. The highest BCUT2D eigenvalue weighted by atomic mass is 79.9. The standard InChI is InChI=1S/C13H15BrClN3/c1-9(2)18-8-16-6-11(18)7-17-13-4-3-10(14)5-12(13)15/h3-6,8-9,17H,7H2,1-2H3. The molecule has 1 aromatic carbocycles. The molecule has 0 saturated heterocycles. The summed E-state index contributed by atoms with van der Waals surface area (Å²) in [5.74, 6) is 0. The van der Waals surface area contributed by atoms with Crippen LogP contribution in [-0.2, 0) is 6.54 Å². The highest BCUT2D eigenvalue weighted by Gasteiger charge is 2.06. The van der Waals surface area contributed by atoms with Crippen molar-refractivity contribution in [1.82, 2.24) is 9.55 Å². The molecule has 0 saturated carbocycles. The lowest BCUT2D eigenvalue weighted by atomic mass is 10.3. The molecular weight excluding hydrogens is 314 g/mol. The minimum absolute atomic E-state index is 0.407. The number of imidazole rings is 1. The van der Waals surface area contributed by atoms with Crippen LogP contribution in [0.2, 0.25) is 5.02 Å². The van der Waals surface area contributed by atoms with Crippen LogP contribution in [0.5, 0.6) is 0 Å². The average molecular weight is 329 g/mol. The Morgan fingerprint density at radius 3 is 2.89 bits per heavy atom. The topological polar surface area (TPSA) is 29.9 Å². The molecule has 1 heterocycles. The van der Waals surface area contributed by atoms with E-state index in [0.717, 1.165) is 15.9 Å². The Labute approximate surface area is 120 Å². The van der Waals surface area contributed by atoms with Crippen molar-refractivity contribution in [3.8, 4) is 0 Å². The summed E-state index contributed by atoms with van der Waals surface area (Å²) in [6, 6.07) is 6.21. The van der Waals surface area contributed by atoms with E-state index in [2.05, 4.69) is 44.6 Å². The lowest BCUT2D eigenvalue weighted by Crippen LogP contribution is -2.08. The van der Waals surface area contributed by atoms with Crippen LogP contribution in [0.25, 0.3) is 0 Å². The molecule has 1 aromatic heterocycles. The van der Waals surface area contributed by atoms with Gasteiger partial charge in [-0.25, -0.2) is 4.98 Å². The van der Waals surface area contributed by atoms with Crippen molar-refractivity contribution in [2.75, 3.05) is 5.32 Å². The second-order valence-corrected chi connectivity index (χ2v) is 5.69. The molecule has 18 heavy (non-hydrogen) atoms. The van der Waals surface area contributed by atoms with Crippen LogP contribution >= 0.6 is 27.5 Å². The Morgan fingerprint density at radius 2 is 2.22 bits per heavy atom. The Hall–Kier alpha value is -1.000. The zero-order chi connectivity index (χ0) is 13.1. The first-order valence-corrected chi connectivity index (χ1v) is 6.94. The largest absolute Gasteiger partial charge is 0.378 e.